The van der Waals surface area contributed by atoms with Gasteiger partial charge in [-0.1, -0.05) is 48.8 Å². The van der Waals surface area contributed by atoms with Crippen LogP contribution in [-0.4, -0.2) is 43.9 Å². The van der Waals surface area contributed by atoms with Crippen LogP contribution >= 0.6 is 35.0 Å². The molecule has 1 atom stereocenters. The van der Waals surface area contributed by atoms with E-state index in [0.29, 0.717) is 33.6 Å². The molecule has 1 fully saturated rings. The van der Waals surface area contributed by atoms with Crippen molar-refractivity contribution in [1.29, 1.82) is 0 Å². The fourth-order valence-electron chi connectivity index (χ4n) is 3.47. The molecular weight excluding hydrogens is 415 g/mol. The molecule has 0 radical (unpaired) electrons. The fourth-order valence-corrected chi connectivity index (χ4v) is 4.80. The highest BCUT2D eigenvalue weighted by Gasteiger charge is 2.24. The molecule has 2 aromatic rings. The lowest BCUT2D eigenvalue weighted by atomic mass is 10.0. The lowest BCUT2D eigenvalue weighted by Gasteiger charge is -2.33. The van der Waals surface area contributed by atoms with E-state index < -0.39 is 0 Å². The Bertz CT molecular complexity index is 840. The van der Waals surface area contributed by atoms with Gasteiger partial charge in [-0.2, -0.15) is 0 Å². The quantitative estimate of drug-likeness (QED) is 0.563. The summed E-state index contributed by atoms with van der Waals surface area (Å²) in [6, 6.07) is 5.69. The fraction of sp³-hybridized carbons (Fsp3) is 0.550. The van der Waals surface area contributed by atoms with E-state index in [9.17, 15) is 4.79 Å². The maximum atomic E-state index is 12.7. The highest BCUT2D eigenvalue weighted by molar-refractivity contribution is 7.99. The van der Waals surface area contributed by atoms with Gasteiger partial charge in [-0.05, 0) is 50.3 Å². The van der Waals surface area contributed by atoms with Crippen molar-refractivity contribution in [2.75, 3.05) is 12.3 Å². The minimum absolute atomic E-state index is 0.169. The number of likely N-dealkylation sites (tertiary alicyclic amines) is 1. The molecule has 152 valence electrons. The average Bonchev–Trinajstić information content (AvgIpc) is 3.02. The van der Waals surface area contributed by atoms with Crippen LogP contribution in [0.25, 0.3) is 11.4 Å². The summed E-state index contributed by atoms with van der Waals surface area (Å²) in [4.78, 5) is 14.7. The third kappa shape index (κ3) is 5.02. The molecule has 1 saturated heterocycles. The number of amides is 1. The monoisotopic (exact) mass is 440 g/mol. The van der Waals surface area contributed by atoms with E-state index in [2.05, 4.69) is 35.5 Å². The van der Waals surface area contributed by atoms with Gasteiger partial charge in [-0.3, -0.25) is 4.79 Å². The normalized spacial score (nSPS) is 17.4. The molecule has 0 saturated carbocycles. The summed E-state index contributed by atoms with van der Waals surface area (Å²) < 4.78 is 2.05. The third-order valence-electron chi connectivity index (χ3n) is 4.88. The van der Waals surface area contributed by atoms with Crippen LogP contribution in [0.1, 0.15) is 40.0 Å². The predicted octanol–water partition coefficient (Wildman–Crippen LogP) is 5.40. The van der Waals surface area contributed by atoms with Gasteiger partial charge >= 0.3 is 0 Å². The Labute approximate surface area is 180 Å². The second kappa shape index (κ2) is 9.51. The van der Waals surface area contributed by atoms with E-state index in [-0.39, 0.29) is 5.91 Å². The van der Waals surface area contributed by atoms with Gasteiger partial charge < -0.3 is 9.47 Å². The Morgan fingerprint density at radius 2 is 2.07 bits per heavy atom. The molecule has 28 heavy (non-hydrogen) atoms. The second-order valence-corrected chi connectivity index (χ2v) is 9.44. The minimum Gasteiger partial charge on any atom is -0.339 e. The number of benzene rings is 1. The molecule has 0 bridgehead atoms. The van der Waals surface area contributed by atoms with Gasteiger partial charge in [0.1, 0.15) is 0 Å². The topological polar surface area (TPSA) is 51.0 Å². The zero-order valence-corrected chi connectivity index (χ0v) is 18.8. The van der Waals surface area contributed by atoms with Crippen molar-refractivity contribution in [3.8, 4) is 11.4 Å². The highest BCUT2D eigenvalue weighted by Crippen LogP contribution is 2.32. The molecule has 3 rings (SSSR count). The van der Waals surface area contributed by atoms with Gasteiger partial charge in [0.2, 0.25) is 5.91 Å². The number of carbonyl (C=O) groups excluding carboxylic acids is 1. The largest absolute Gasteiger partial charge is 0.339 e. The van der Waals surface area contributed by atoms with E-state index in [0.717, 1.165) is 36.7 Å². The van der Waals surface area contributed by atoms with Crippen molar-refractivity contribution < 1.29 is 4.79 Å². The van der Waals surface area contributed by atoms with Crippen LogP contribution in [0.2, 0.25) is 10.0 Å². The first-order valence-corrected chi connectivity index (χ1v) is 11.4. The zero-order valence-electron chi connectivity index (χ0n) is 16.5. The SMILES string of the molecule is CC(C)Cn1c(SCC(=O)N2CCCCC2C)nnc1-c1ccc(Cl)cc1Cl. The summed E-state index contributed by atoms with van der Waals surface area (Å²) in [6.07, 6.45) is 3.37. The first-order chi connectivity index (χ1) is 13.4. The number of halogens is 2. The van der Waals surface area contributed by atoms with Crippen LogP contribution in [-0.2, 0) is 11.3 Å². The second-order valence-electron chi connectivity index (χ2n) is 7.66. The van der Waals surface area contributed by atoms with Crippen molar-refractivity contribution in [2.24, 2.45) is 5.92 Å². The maximum absolute atomic E-state index is 12.7. The molecule has 0 aliphatic carbocycles. The summed E-state index contributed by atoms with van der Waals surface area (Å²) in [7, 11) is 0. The number of nitrogens with zero attached hydrogens (tertiary/aromatic N) is 4. The van der Waals surface area contributed by atoms with Gasteiger partial charge in [-0.15, -0.1) is 10.2 Å². The number of hydrogen-bond acceptors (Lipinski definition) is 4. The summed E-state index contributed by atoms with van der Waals surface area (Å²) in [5, 5.41) is 10.6. The predicted molar refractivity (Wildman–Crippen MR) is 116 cm³/mol. The highest BCUT2D eigenvalue weighted by atomic mass is 35.5. The molecule has 1 aromatic heterocycles. The van der Waals surface area contributed by atoms with Crippen LogP contribution < -0.4 is 0 Å². The minimum atomic E-state index is 0.169. The van der Waals surface area contributed by atoms with Gasteiger partial charge in [0, 0.05) is 29.7 Å². The zero-order chi connectivity index (χ0) is 20.3. The number of thioether (sulfide) groups is 1. The standard InChI is InChI=1S/C20H26Cl2N4OS/c1-13(2)11-26-19(16-8-7-15(21)10-17(16)22)23-24-20(26)28-12-18(27)25-9-5-4-6-14(25)3/h7-8,10,13-14H,4-6,9,11-12H2,1-3H3. The summed E-state index contributed by atoms with van der Waals surface area (Å²) in [5.74, 6) is 1.64. The van der Waals surface area contributed by atoms with Crippen LogP contribution in [0.4, 0.5) is 0 Å². The lowest BCUT2D eigenvalue weighted by Crippen LogP contribution is -2.43. The van der Waals surface area contributed by atoms with E-state index in [1.807, 2.05) is 11.0 Å². The van der Waals surface area contributed by atoms with Gasteiger partial charge in [0.05, 0.1) is 10.8 Å². The Morgan fingerprint density at radius 1 is 1.29 bits per heavy atom. The lowest BCUT2D eigenvalue weighted by molar-refractivity contribution is -0.131. The maximum Gasteiger partial charge on any atom is 0.233 e. The Hall–Kier alpha value is -1.24. The van der Waals surface area contributed by atoms with Crippen molar-refractivity contribution in [3.63, 3.8) is 0 Å². The smallest absolute Gasteiger partial charge is 0.233 e. The number of rotatable bonds is 6. The molecule has 2 heterocycles. The van der Waals surface area contributed by atoms with Gasteiger partial charge in [0.15, 0.2) is 11.0 Å². The molecule has 8 heteroatoms. The van der Waals surface area contributed by atoms with Crippen molar-refractivity contribution in [3.05, 3.63) is 28.2 Å². The summed E-state index contributed by atoms with van der Waals surface area (Å²) in [5.41, 5.74) is 0.794. The molecule has 1 aromatic carbocycles. The van der Waals surface area contributed by atoms with Crippen LogP contribution in [0.3, 0.4) is 0 Å². The molecule has 1 amide bonds. The first-order valence-electron chi connectivity index (χ1n) is 9.67. The van der Waals surface area contributed by atoms with Crippen LogP contribution in [0.5, 0.6) is 0 Å². The van der Waals surface area contributed by atoms with Gasteiger partial charge in [0.25, 0.3) is 0 Å². The molecule has 1 unspecified atom stereocenters. The van der Waals surface area contributed by atoms with Crippen molar-refractivity contribution in [2.45, 2.75) is 57.8 Å². The average molecular weight is 441 g/mol. The summed E-state index contributed by atoms with van der Waals surface area (Å²) in [6.45, 7) is 8.01. The Kier molecular flexibility index (Phi) is 7.29. The molecule has 5 nitrogen and oxygen atoms in total. The number of carbonyl (C=O) groups is 1. The molecule has 0 N–H and O–H groups in total. The number of aromatic nitrogens is 3. The molecule has 0 spiro atoms. The molecular formula is C20H26Cl2N4OS. The third-order valence-corrected chi connectivity index (χ3v) is 6.38. The van der Waals surface area contributed by atoms with Gasteiger partial charge in [-0.25, -0.2) is 0 Å². The van der Waals surface area contributed by atoms with Crippen molar-refractivity contribution >= 4 is 40.9 Å². The van der Waals surface area contributed by atoms with E-state index in [1.54, 1.807) is 12.1 Å². The Balaban J connectivity index is 1.81. The number of hydrogen-bond donors (Lipinski definition) is 0. The first kappa shape index (κ1) is 21.5. The molecule has 1 aliphatic rings. The van der Waals surface area contributed by atoms with E-state index in [1.165, 1.54) is 18.2 Å². The van der Waals surface area contributed by atoms with E-state index >= 15 is 0 Å². The van der Waals surface area contributed by atoms with Crippen molar-refractivity contribution in [1.82, 2.24) is 19.7 Å². The van der Waals surface area contributed by atoms with Crippen LogP contribution in [0.15, 0.2) is 23.4 Å². The summed E-state index contributed by atoms with van der Waals surface area (Å²) >= 11 is 13.9. The number of piperidine rings is 1. The Morgan fingerprint density at radius 3 is 2.75 bits per heavy atom. The molecule has 1 aliphatic heterocycles. The van der Waals surface area contributed by atoms with Crippen LogP contribution in [0, 0.1) is 5.92 Å². The van der Waals surface area contributed by atoms with E-state index in [4.69, 9.17) is 23.2 Å².